The van der Waals surface area contributed by atoms with E-state index in [2.05, 4.69) is 22.0 Å². The maximum absolute atomic E-state index is 6.35. The molecule has 1 aliphatic rings. The summed E-state index contributed by atoms with van der Waals surface area (Å²) in [7, 11) is 1.70. The Hall–Kier alpha value is 0.160. The second kappa shape index (κ2) is 7.08. The molecule has 2 atom stereocenters. The largest absolute Gasteiger partial charge is 0.497 e. The molecule has 0 bridgehead atoms. The third-order valence-corrected chi connectivity index (χ3v) is 6.74. The standard InChI is InChI=1S/C13H18BrNOS2/c1-16-10-2-3-11(14)9(6-10)7-12(15)13-8-17-4-5-18-13/h2-3,6,12-13H,4-5,7-8,15H2,1H3. The summed E-state index contributed by atoms with van der Waals surface area (Å²) >= 11 is 7.62. The van der Waals surface area contributed by atoms with Crippen molar-refractivity contribution >= 4 is 39.5 Å². The summed E-state index contributed by atoms with van der Waals surface area (Å²) in [6.45, 7) is 0. The van der Waals surface area contributed by atoms with Crippen LogP contribution in [0.1, 0.15) is 5.56 Å². The first-order chi connectivity index (χ1) is 8.70. The zero-order valence-electron chi connectivity index (χ0n) is 10.4. The van der Waals surface area contributed by atoms with Gasteiger partial charge in [0.15, 0.2) is 0 Å². The summed E-state index contributed by atoms with van der Waals surface area (Å²) in [5, 5.41) is 0.571. The summed E-state index contributed by atoms with van der Waals surface area (Å²) in [5.74, 6) is 4.55. The van der Waals surface area contributed by atoms with Gasteiger partial charge < -0.3 is 10.5 Å². The first-order valence-corrected chi connectivity index (χ1v) is 8.97. The van der Waals surface area contributed by atoms with Gasteiger partial charge in [0.25, 0.3) is 0 Å². The number of nitrogens with two attached hydrogens (primary N) is 1. The highest BCUT2D eigenvalue weighted by Gasteiger charge is 2.22. The van der Waals surface area contributed by atoms with E-state index in [1.807, 2.05) is 35.7 Å². The van der Waals surface area contributed by atoms with Crippen molar-refractivity contribution in [3.63, 3.8) is 0 Å². The lowest BCUT2D eigenvalue weighted by atomic mass is 10.0. The minimum Gasteiger partial charge on any atom is -0.497 e. The molecule has 100 valence electrons. The maximum Gasteiger partial charge on any atom is 0.119 e. The first-order valence-electron chi connectivity index (χ1n) is 5.98. The molecule has 0 amide bonds. The van der Waals surface area contributed by atoms with Gasteiger partial charge in [-0.1, -0.05) is 15.9 Å². The Morgan fingerprint density at radius 1 is 1.50 bits per heavy atom. The lowest BCUT2D eigenvalue weighted by Crippen LogP contribution is -2.38. The molecule has 5 heteroatoms. The molecule has 0 saturated carbocycles. The highest BCUT2D eigenvalue weighted by atomic mass is 79.9. The lowest BCUT2D eigenvalue weighted by Gasteiger charge is -2.27. The molecule has 2 nitrogen and oxygen atoms in total. The Kier molecular flexibility index (Phi) is 5.73. The topological polar surface area (TPSA) is 35.2 Å². The van der Waals surface area contributed by atoms with E-state index in [0.717, 1.165) is 16.6 Å². The summed E-state index contributed by atoms with van der Waals surface area (Å²) in [6, 6.07) is 6.28. The molecule has 2 unspecified atom stereocenters. The van der Waals surface area contributed by atoms with Crippen molar-refractivity contribution in [3.8, 4) is 5.75 Å². The van der Waals surface area contributed by atoms with Crippen LogP contribution in [0.4, 0.5) is 0 Å². The van der Waals surface area contributed by atoms with Crippen LogP contribution in [0.5, 0.6) is 5.75 Å². The minimum absolute atomic E-state index is 0.214. The molecule has 18 heavy (non-hydrogen) atoms. The van der Waals surface area contributed by atoms with E-state index in [4.69, 9.17) is 10.5 Å². The van der Waals surface area contributed by atoms with Crippen LogP contribution < -0.4 is 10.5 Å². The summed E-state index contributed by atoms with van der Waals surface area (Å²) in [4.78, 5) is 0. The number of methoxy groups -OCH3 is 1. The number of halogens is 1. The van der Waals surface area contributed by atoms with E-state index in [1.54, 1.807) is 7.11 Å². The van der Waals surface area contributed by atoms with Crippen molar-refractivity contribution in [2.45, 2.75) is 17.7 Å². The molecule has 1 fully saturated rings. The molecule has 1 saturated heterocycles. The predicted octanol–water partition coefficient (Wildman–Crippen LogP) is 3.18. The first kappa shape index (κ1) is 14.6. The van der Waals surface area contributed by atoms with Gasteiger partial charge in [-0.2, -0.15) is 23.5 Å². The van der Waals surface area contributed by atoms with Gasteiger partial charge in [0, 0.05) is 33.0 Å². The number of hydrogen-bond donors (Lipinski definition) is 1. The van der Waals surface area contributed by atoms with Crippen molar-refractivity contribution in [1.82, 2.24) is 0 Å². The fourth-order valence-electron chi connectivity index (χ4n) is 1.97. The third-order valence-electron chi connectivity index (χ3n) is 3.03. The van der Waals surface area contributed by atoms with Gasteiger partial charge in [-0.3, -0.25) is 0 Å². The molecular weight excluding hydrogens is 330 g/mol. The highest BCUT2D eigenvalue weighted by molar-refractivity contribution is 9.10. The molecule has 1 aromatic rings. The van der Waals surface area contributed by atoms with Crippen LogP contribution in [-0.2, 0) is 6.42 Å². The molecule has 0 spiro atoms. The number of ether oxygens (including phenoxy) is 1. The van der Waals surface area contributed by atoms with Gasteiger partial charge >= 0.3 is 0 Å². The Bertz CT molecular complexity index is 397. The van der Waals surface area contributed by atoms with Crippen molar-refractivity contribution < 1.29 is 4.74 Å². The number of benzene rings is 1. The monoisotopic (exact) mass is 347 g/mol. The van der Waals surface area contributed by atoms with Gasteiger partial charge in [0.2, 0.25) is 0 Å². The lowest BCUT2D eigenvalue weighted by molar-refractivity contribution is 0.414. The van der Waals surface area contributed by atoms with Crippen molar-refractivity contribution in [2.75, 3.05) is 24.4 Å². The van der Waals surface area contributed by atoms with Crippen LogP contribution in [0.25, 0.3) is 0 Å². The van der Waals surface area contributed by atoms with Gasteiger partial charge in [0.1, 0.15) is 5.75 Å². The van der Waals surface area contributed by atoms with Crippen LogP contribution in [0.3, 0.4) is 0 Å². The minimum atomic E-state index is 0.214. The summed E-state index contributed by atoms with van der Waals surface area (Å²) < 4.78 is 6.38. The average Bonchev–Trinajstić information content (AvgIpc) is 2.42. The van der Waals surface area contributed by atoms with E-state index in [9.17, 15) is 0 Å². The number of thioether (sulfide) groups is 2. The predicted molar refractivity (Wildman–Crippen MR) is 85.9 cm³/mol. The van der Waals surface area contributed by atoms with Crippen molar-refractivity contribution in [3.05, 3.63) is 28.2 Å². The van der Waals surface area contributed by atoms with Crippen LogP contribution in [0.15, 0.2) is 22.7 Å². The van der Waals surface area contributed by atoms with Crippen LogP contribution >= 0.6 is 39.5 Å². The van der Waals surface area contributed by atoms with E-state index < -0.39 is 0 Å². The van der Waals surface area contributed by atoms with Gasteiger partial charge in [-0.25, -0.2) is 0 Å². The maximum atomic E-state index is 6.35. The molecular formula is C13H18BrNOS2. The summed E-state index contributed by atoms with van der Waals surface area (Å²) in [5.41, 5.74) is 7.58. The molecule has 1 aromatic carbocycles. The van der Waals surface area contributed by atoms with Gasteiger partial charge in [-0.05, 0) is 30.2 Å². The molecule has 1 aliphatic heterocycles. The third kappa shape index (κ3) is 3.83. The number of hydrogen-bond acceptors (Lipinski definition) is 4. The molecule has 0 aromatic heterocycles. The molecule has 2 rings (SSSR count). The SMILES string of the molecule is COc1ccc(Br)c(CC(N)C2CSCCS2)c1. The van der Waals surface area contributed by atoms with Crippen LogP contribution in [0, 0.1) is 0 Å². The fourth-order valence-corrected chi connectivity index (χ4v) is 5.20. The second-order valence-corrected chi connectivity index (χ2v) is 7.66. The number of rotatable bonds is 4. The molecule has 1 heterocycles. The normalized spacial score (nSPS) is 21.6. The fraction of sp³-hybridized carbons (Fsp3) is 0.538. The Labute approximate surface area is 126 Å². The zero-order valence-corrected chi connectivity index (χ0v) is 13.6. The van der Waals surface area contributed by atoms with E-state index in [1.165, 1.54) is 22.8 Å². The zero-order chi connectivity index (χ0) is 13.0. The van der Waals surface area contributed by atoms with Gasteiger partial charge in [-0.15, -0.1) is 0 Å². The molecule has 2 N–H and O–H groups in total. The Morgan fingerprint density at radius 3 is 3.00 bits per heavy atom. The van der Waals surface area contributed by atoms with Crippen LogP contribution in [0.2, 0.25) is 0 Å². The summed E-state index contributed by atoms with van der Waals surface area (Å²) in [6.07, 6.45) is 0.899. The second-order valence-electron chi connectivity index (χ2n) is 4.31. The highest BCUT2D eigenvalue weighted by Crippen LogP contribution is 2.29. The van der Waals surface area contributed by atoms with E-state index >= 15 is 0 Å². The van der Waals surface area contributed by atoms with Crippen molar-refractivity contribution in [2.24, 2.45) is 5.73 Å². The van der Waals surface area contributed by atoms with Crippen molar-refractivity contribution in [1.29, 1.82) is 0 Å². The quantitative estimate of drug-likeness (QED) is 0.907. The average molecular weight is 348 g/mol. The van der Waals surface area contributed by atoms with Crippen LogP contribution in [-0.4, -0.2) is 35.7 Å². The molecule has 0 aliphatic carbocycles. The van der Waals surface area contributed by atoms with E-state index in [-0.39, 0.29) is 6.04 Å². The Morgan fingerprint density at radius 2 is 2.33 bits per heavy atom. The Balaban J connectivity index is 2.03. The van der Waals surface area contributed by atoms with Gasteiger partial charge in [0.05, 0.1) is 7.11 Å². The smallest absolute Gasteiger partial charge is 0.119 e. The molecule has 0 radical (unpaired) electrons. The van der Waals surface area contributed by atoms with E-state index in [0.29, 0.717) is 5.25 Å².